The molecule has 0 radical (unpaired) electrons. The first-order chi connectivity index (χ1) is 26.9. The maximum Gasteiger partial charge on any atom is 0.460 e. The van der Waals surface area contributed by atoms with Gasteiger partial charge in [-0.15, -0.1) is 0 Å². The maximum absolute atomic E-state index is 14.4. The zero-order valence-corrected chi connectivity index (χ0v) is 27.9. The van der Waals surface area contributed by atoms with E-state index in [0.29, 0.717) is 6.92 Å². The number of hydrogen-bond acceptors (Lipinski definition) is 2. The van der Waals surface area contributed by atoms with Crippen molar-refractivity contribution in [3.63, 3.8) is 0 Å². The molecule has 0 spiro atoms. The summed E-state index contributed by atoms with van der Waals surface area (Å²) >= 11 is 0. The van der Waals surface area contributed by atoms with Gasteiger partial charge in [0.25, 0.3) is 0 Å². The van der Waals surface area contributed by atoms with E-state index in [4.69, 9.17) is 0 Å². The van der Waals surface area contributed by atoms with Crippen molar-refractivity contribution in [2.75, 3.05) is 10.6 Å². The molecule has 0 aromatic heterocycles. The summed E-state index contributed by atoms with van der Waals surface area (Å²) in [5, 5.41) is -0.144. The van der Waals surface area contributed by atoms with Crippen LogP contribution in [0.1, 0.15) is 5.56 Å². The number of benzene rings is 1. The highest BCUT2D eigenvalue weighted by atomic mass is 19.4. The number of amides is 2. The van der Waals surface area contributed by atoms with Crippen LogP contribution < -0.4 is 10.6 Å². The van der Waals surface area contributed by atoms with Crippen LogP contribution in [0.4, 0.5) is 161 Å². The molecule has 1 aromatic carbocycles. The quantitative estimate of drug-likeness (QED) is 0.162. The molecule has 2 N–H and O–H groups in total. The molecule has 0 unspecified atom stereocenters. The molecule has 63 heavy (non-hydrogen) atoms. The number of rotatable bonds is 16. The van der Waals surface area contributed by atoms with Crippen LogP contribution in [0.25, 0.3) is 0 Å². The second kappa shape index (κ2) is 14.9. The highest BCUT2D eigenvalue weighted by Crippen LogP contribution is 2.66. The summed E-state index contributed by atoms with van der Waals surface area (Å²) < 4.78 is 460. The monoisotopic (exact) mass is 1010 g/mol. The molecule has 1 rings (SSSR count). The Morgan fingerprint density at radius 2 is 0.524 bits per heavy atom. The van der Waals surface area contributed by atoms with E-state index >= 15 is 0 Å². The third kappa shape index (κ3) is 7.50. The first kappa shape index (κ1) is 56.8. The van der Waals surface area contributed by atoms with E-state index in [-0.39, 0.29) is 22.8 Å². The number of carbonyl (C=O) groups is 2. The summed E-state index contributed by atoms with van der Waals surface area (Å²) in [6, 6.07) is -0.667. The van der Waals surface area contributed by atoms with Gasteiger partial charge in [0.05, 0.1) is 11.4 Å². The summed E-state index contributed by atoms with van der Waals surface area (Å²) in [7, 11) is 0. The molecule has 0 saturated heterocycles. The minimum absolute atomic E-state index is 0.0650. The molecular weight excluding hydrogens is 1010 g/mol. The van der Waals surface area contributed by atoms with Crippen molar-refractivity contribution >= 4 is 23.2 Å². The van der Waals surface area contributed by atoms with Crippen LogP contribution in [0.15, 0.2) is 18.2 Å². The average molecular weight is 1010 g/mol. The molecule has 0 saturated carbocycles. The largest absolute Gasteiger partial charge is 0.460 e. The lowest BCUT2D eigenvalue weighted by molar-refractivity contribution is -0.459. The van der Waals surface area contributed by atoms with Gasteiger partial charge >= 0.3 is 107 Å². The van der Waals surface area contributed by atoms with Crippen LogP contribution >= 0.6 is 0 Å². The van der Waals surface area contributed by atoms with E-state index in [0.717, 1.165) is 0 Å². The van der Waals surface area contributed by atoms with E-state index in [9.17, 15) is 159 Å². The molecule has 0 aliphatic carbocycles. The zero-order valence-electron chi connectivity index (χ0n) is 27.9. The molecule has 0 aliphatic rings. The molecule has 38 heteroatoms. The molecule has 0 atom stereocenters. The normalized spacial score (nSPS) is 16.0. The summed E-state index contributed by atoms with van der Waals surface area (Å²) in [6.45, 7) is 0.478. The van der Waals surface area contributed by atoms with Crippen molar-refractivity contribution in [2.24, 2.45) is 0 Å². The van der Waals surface area contributed by atoms with Crippen LogP contribution in [0.2, 0.25) is 0 Å². The van der Waals surface area contributed by atoms with Crippen LogP contribution in [0.3, 0.4) is 0 Å². The molecule has 4 nitrogen and oxygen atoms in total. The van der Waals surface area contributed by atoms with Crippen molar-refractivity contribution in [1.82, 2.24) is 0 Å². The highest BCUT2D eigenvalue weighted by Gasteiger charge is 2.97. The number of halogens is 34. The SMILES string of the molecule is Cc1ccc(NC(=O)C(F)(F)C(F)(F)C(F)(F)C(F)(F)C(F)(F)C(F)(F)C(F)(F)C(F)(F)F)c(NC(=O)C(F)(F)C(F)(F)C(F)(F)C(F)(F)C(F)(F)C(F)(F)C(F)(F)C(F)(F)F)c1. The standard InChI is InChI=1S/C25H8F34N2O2/c1-5-2-3-6(60-8(62)10(26,27)12(30,31)14(34,35)16(38,39)18(42,43)20(46,47)22(50,51)24(54,55)56)7(4-5)61-9(63)11(28,29)13(32,33)15(36,37)17(40,41)19(44,45)21(48,49)23(52,53)25(57,58)59/h2-4H,1H3,(H,60,62)(H,61,63). The Hall–Kier alpha value is -4.22. The fourth-order valence-electron chi connectivity index (χ4n) is 3.89. The van der Waals surface area contributed by atoms with Crippen molar-refractivity contribution in [2.45, 2.75) is 102 Å². The van der Waals surface area contributed by atoms with Gasteiger partial charge in [0.15, 0.2) is 0 Å². The van der Waals surface area contributed by atoms with Gasteiger partial charge in [-0.25, -0.2) is 0 Å². The van der Waals surface area contributed by atoms with Gasteiger partial charge < -0.3 is 10.6 Å². The second-order valence-corrected chi connectivity index (χ2v) is 12.0. The Labute approximate surface area is 319 Å². The Balaban J connectivity index is 3.82. The molecule has 0 bridgehead atoms. The van der Waals surface area contributed by atoms with Gasteiger partial charge in [0, 0.05) is 0 Å². The Bertz CT molecular complexity index is 1890. The summed E-state index contributed by atoms with van der Waals surface area (Å²) in [5.41, 5.74) is -5.76. The third-order valence-corrected chi connectivity index (χ3v) is 7.69. The van der Waals surface area contributed by atoms with Crippen LogP contribution in [-0.4, -0.2) is 107 Å². The van der Waals surface area contributed by atoms with E-state index in [2.05, 4.69) is 0 Å². The van der Waals surface area contributed by atoms with Crippen LogP contribution in [0, 0.1) is 6.92 Å². The highest BCUT2D eigenvalue weighted by molar-refractivity contribution is 6.04. The van der Waals surface area contributed by atoms with E-state index in [1.807, 2.05) is 0 Å². The van der Waals surface area contributed by atoms with Crippen LogP contribution in [0.5, 0.6) is 0 Å². The molecule has 0 heterocycles. The average Bonchev–Trinajstić information content (AvgIpc) is 3.07. The molecular formula is C25H8F34N2O2. The Kier molecular flexibility index (Phi) is 13.4. The third-order valence-electron chi connectivity index (χ3n) is 7.69. The van der Waals surface area contributed by atoms with Gasteiger partial charge in [0.1, 0.15) is 0 Å². The number of aryl methyl sites for hydroxylation is 1. The predicted octanol–water partition coefficient (Wildman–Crippen LogP) is 11.9. The van der Waals surface area contributed by atoms with E-state index in [1.54, 1.807) is 0 Å². The first-order valence-corrected chi connectivity index (χ1v) is 14.1. The second-order valence-electron chi connectivity index (χ2n) is 12.0. The zero-order chi connectivity index (χ0) is 51.4. The Morgan fingerprint density at radius 3 is 0.762 bits per heavy atom. The number of nitrogens with one attached hydrogen (secondary N) is 2. The maximum atomic E-state index is 14.4. The lowest BCUT2D eigenvalue weighted by Crippen LogP contribution is -2.75. The molecule has 0 aliphatic heterocycles. The lowest BCUT2D eigenvalue weighted by atomic mass is 9.88. The Morgan fingerprint density at radius 1 is 0.317 bits per heavy atom. The van der Waals surface area contributed by atoms with Gasteiger partial charge in [-0.1, -0.05) is 6.07 Å². The molecule has 1 aromatic rings. The van der Waals surface area contributed by atoms with Gasteiger partial charge in [0.2, 0.25) is 0 Å². The van der Waals surface area contributed by atoms with Gasteiger partial charge in [-0.05, 0) is 24.6 Å². The fourth-order valence-corrected chi connectivity index (χ4v) is 3.89. The van der Waals surface area contributed by atoms with Gasteiger partial charge in [-0.3, -0.25) is 9.59 Å². The summed E-state index contributed by atoms with van der Waals surface area (Å²) in [6.07, 6.45) is -16.3. The number of carbonyl (C=O) groups excluding carboxylic acids is 2. The minimum Gasteiger partial charge on any atom is -0.319 e. The smallest absolute Gasteiger partial charge is 0.319 e. The van der Waals surface area contributed by atoms with Gasteiger partial charge in [-0.2, -0.15) is 149 Å². The number of anilines is 2. The van der Waals surface area contributed by atoms with E-state index in [1.165, 1.54) is 0 Å². The molecule has 368 valence electrons. The first-order valence-electron chi connectivity index (χ1n) is 14.1. The number of alkyl halides is 34. The lowest BCUT2D eigenvalue weighted by Gasteiger charge is -2.42. The van der Waals surface area contributed by atoms with Crippen molar-refractivity contribution in [1.29, 1.82) is 0 Å². The molecule has 2 amide bonds. The summed E-state index contributed by atoms with van der Waals surface area (Å²) in [4.78, 5) is 23.8. The summed E-state index contributed by atoms with van der Waals surface area (Å²) in [5.74, 6) is -134. The van der Waals surface area contributed by atoms with E-state index < -0.39 is 130 Å². The fraction of sp³-hybridized carbons (Fsp3) is 0.680. The molecule has 0 fully saturated rings. The topological polar surface area (TPSA) is 58.2 Å². The number of hydrogen-bond donors (Lipinski definition) is 2. The van der Waals surface area contributed by atoms with Crippen molar-refractivity contribution in [3.8, 4) is 0 Å². The predicted molar refractivity (Wildman–Crippen MR) is 130 cm³/mol. The minimum atomic E-state index is -9.29. The van der Waals surface area contributed by atoms with Crippen LogP contribution in [-0.2, 0) is 9.59 Å². The van der Waals surface area contributed by atoms with Crippen molar-refractivity contribution in [3.05, 3.63) is 23.8 Å². The van der Waals surface area contributed by atoms with Crippen molar-refractivity contribution < 1.29 is 159 Å².